The minimum atomic E-state index is -0.0321. The van der Waals surface area contributed by atoms with E-state index in [-0.39, 0.29) is 5.84 Å². The number of thiophene rings is 1. The zero-order valence-corrected chi connectivity index (χ0v) is 12.5. The zero-order chi connectivity index (χ0) is 13.8. The lowest BCUT2D eigenvalue weighted by molar-refractivity contribution is 0.318. The van der Waals surface area contributed by atoms with Gasteiger partial charge >= 0.3 is 0 Å². The lowest BCUT2D eigenvalue weighted by atomic mass is 10.3. The van der Waals surface area contributed by atoms with Gasteiger partial charge in [-0.25, -0.2) is 9.97 Å². The first-order valence-electron chi connectivity index (χ1n) is 5.35. The van der Waals surface area contributed by atoms with Gasteiger partial charge in [0.2, 0.25) is 5.95 Å². The van der Waals surface area contributed by atoms with E-state index in [0.29, 0.717) is 18.2 Å². The smallest absolute Gasteiger partial charge is 0.226 e. The van der Waals surface area contributed by atoms with Crippen molar-refractivity contribution in [1.82, 2.24) is 9.97 Å². The van der Waals surface area contributed by atoms with Crippen LogP contribution in [0.2, 0.25) is 0 Å². The molecule has 0 radical (unpaired) electrons. The van der Waals surface area contributed by atoms with Crippen molar-refractivity contribution in [2.75, 3.05) is 11.9 Å². The summed E-state index contributed by atoms with van der Waals surface area (Å²) in [5, 5.41) is 13.6. The Morgan fingerprint density at radius 2 is 2.42 bits per heavy atom. The predicted molar refractivity (Wildman–Crippen MR) is 78.7 cm³/mol. The van der Waals surface area contributed by atoms with E-state index in [1.807, 2.05) is 11.9 Å². The molecule has 0 saturated heterocycles. The highest BCUT2D eigenvalue weighted by molar-refractivity contribution is 9.11. The number of amidine groups is 1. The summed E-state index contributed by atoms with van der Waals surface area (Å²) in [5.41, 5.74) is 7.06. The maximum atomic E-state index is 8.64. The maximum absolute atomic E-state index is 8.64. The van der Waals surface area contributed by atoms with Crippen molar-refractivity contribution in [2.24, 2.45) is 10.9 Å². The molecular formula is C11H12BrN5OS. The van der Waals surface area contributed by atoms with Crippen LogP contribution in [0.5, 0.6) is 0 Å². The predicted octanol–water partition coefficient (Wildman–Crippen LogP) is 2.03. The Bertz CT molecular complexity index is 600. The molecule has 100 valence electrons. The van der Waals surface area contributed by atoms with Crippen LogP contribution in [-0.2, 0) is 6.54 Å². The fourth-order valence-electron chi connectivity index (χ4n) is 1.50. The number of oxime groups is 1. The van der Waals surface area contributed by atoms with Crippen molar-refractivity contribution in [3.8, 4) is 0 Å². The number of hydrogen-bond acceptors (Lipinski definition) is 6. The molecule has 2 rings (SSSR count). The van der Waals surface area contributed by atoms with Crippen LogP contribution in [0.25, 0.3) is 0 Å². The molecule has 2 heterocycles. The second-order valence-electron chi connectivity index (χ2n) is 3.84. The normalized spacial score (nSPS) is 11.6. The fraction of sp³-hybridized carbons (Fsp3) is 0.182. The van der Waals surface area contributed by atoms with Gasteiger partial charge in [-0.15, -0.1) is 11.3 Å². The molecule has 8 heteroatoms. The molecule has 2 aromatic heterocycles. The van der Waals surface area contributed by atoms with E-state index in [2.05, 4.69) is 42.5 Å². The largest absolute Gasteiger partial charge is 0.409 e. The summed E-state index contributed by atoms with van der Waals surface area (Å²) in [5.74, 6) is 0.488. The topological polar surface area (TPSA) is 87.6 Å². The lowest BCUT2D eigenvalue weighted by Crippen LogP contribution is -2.22. The van der Waals surface area contributed by atoms with Crippen molar-refractivity contribution in [3.05, 3.63) is 38.8 Å². The quantitative estimate of drug-likeness (QED) is 0.384. The van der Waals surface area contributed by atoms with Crippen molar-refractivity contribution in [1.29, 1.82) is 0 Å². The molecule has 0 amide bonds. The van der Waals surface area contributed by atoms with Crippen LogP contribution in [-0.4, -0.2) is 28.1 Å². The average molecular weight is 342 g/mol. The molecule has 0 aliphatic rings. The van der Waals surface area contributed by atoms with Gasteiger partial charge in [-0.05, 0) is 39.0 Å². The third-order valence-electron chi connectivity index (χ3n) is 2.40. The van der Waals surface area contributed by atoms with Gasteiger partial charge in [0.25, 0.3) is 0 Å². The summed E-state index contributed by atoms with van der Waals surface area (Å²) < 4.78 is 1.09. The van der Waals surface area contributed by atoms with Gasteiger partial charge < -0.3 is 15.8 Å². The summed E-state index contributed by atoms with van der Waals surface area (Å²) in [4.78, 5) is 10.3. The molecule has 0 fully saturated rings. The van der Waals surface area contributed by atoms with Gasteiger partial charge in [-0.2, -0.15) is 0 Å². The SMILES string of the molecule is CN(Cc1csc(Br)c1)c1nccc(/C(N)=N/O)n1. The molecule has 19 heavy (non-hydrogen) atoms. The standard InChI is InChI=1S/C11H12BrN5OS/c1-17(5-7-4-9(12)19-6-7)11-14-3-2-8(15-11)10(13)16-18/h2-4,6,18H,5H2,1H3,(H2,13,16). The summed E-state index contributed by atoms with van der Waals surface area (Å²) in [6, 6.07) is 3.64. The maximum Gasteiger partial charge on any atom is 0.226 e. The number of anilines is 1. The van der Waals surface area contributed by atoms with E-state index in [1.54, 1.807) is 23.6 Å². The van der Waals surface area contributed by atoms with Gasteiger partial charge in [0.15, 0.2) is 5.84 Å². The minimum Gasteiger partial charge on any atom is -0.409 e. The molecule has 0 aliphatic carbocycles. The number of rotatable bonds is 4. The van der Waals surface area contributed by atoms with E-state index in [4.69, 9.17) is 10.9 Å². The molecule has 0 unspecified atom stereocenters. The Morgan fingerprint density at radius 3 is 3.05 bits per heavy atom. The van der Waals surface area contributed by atoms with Crippen molar-refractivity contribution >= 4 is 39.1 Å². The first kappa shape index (κ1) is 13.8. The summed E-state index contributed by atoms with van der Waals surface area (Å²) >= 11 is 5.06. The molecule has 0 atom stereocenters. The first-order chi connectivity index (χ1) is 9.10. The molecule has 6 nitrogen and oxygen atoms in total. The summed E-state index contributed by atoms with van der Waals surface area (Å²) in [7, 11) is 1.89. The summed E-state index contributed by atoms with van der Waals surface area (Å²) in [6.45, 7) is 0.682. The van der Waals surface area contributed by atoms with Crippen LogP contribution in [0.1, 0.15) is 11.3 Å². The van der Waals surface area contributed by atoms with E-state index >= 15 is 0 Å². The number of halogens is 1. The number of nitrogens with two attached hydrogens (primary N) is 1. The minimum absolute atomic E-state index is 0.0321. The molecule has 3 N–H and O–H groups in total. The molecule has 0 aliphatic heterocycles. The van der Waals surface area contributed by atoms with Crippen molar-refractivity contribution in [3.63, 3.8) is 0 Å². The Kier molecular flexibility index (Phi) is 4.33. The Balaban J connectivity index is 2.17. The lowest BCUT2D eigenvalue weighted by Gasteiger charge is -2.16. The van der Waals surface area contributed by atoms with Gasteiger partial charge in [0.05, 0.1) is 3.79 Å². The van der Waals surface area contributed by atoms with Crippen molar-refractivity contribution < 1.29 is 5.21 Å². The fourth-order valence-corrected chi connectivity index (χ4v) is 2.70. The highest BCUT2D eigenvalue weighted by atomic mass is 79.9. The van der Waals surface area contributed by atoms with Crippen molar-refractivity contribution in [2.45, 2.75) is 6.54 Å². The van der Waals surface area contributed by atoms with E-state index in [9.17, 15) is 0 Å². The summed E-state index contributed by atoms with van der Waals surface area (Å²) in [6.07, 6.45) is 1.58. The Hall–Kier alpha value is -1.67. The molecule has 0 spiro atoms. The molecule has 0 bridgehead atoms. The monoisotopic (exact) mass is 341 g/mol. The van der Waals surface area contributed by atoms with Crippen LogP contribution in [0.4, 0.5) is 5.95 Å². The second kappa shape index (κ2) is 5.98. The van der Waals surface area contributed by atoms with Gasteiger partial charge in [-0.1, -0.05) is 5.16 Å². The van der Waals surface area contributed by atoms with Gasteiger partial charge in [-0.3, -0.25) is 0 Å². The molecule has 0 saturated carbocycles. The highest BCUT2D eigenvalue weighted by Gasteiger charge is 2.09. The first-order valence-corrected chi connectivity index (χ1v) is 7.02. The molecule has 2 aromatic rings. The Morgan fingerprint density at radius 1 is 1.63 bits per heavy atom. The van der Waals surface area contributed by atoms with Gasteiger partial charge in [0.1, 0.15) is 5.69 Å². The van der Waals surface area contributed by atoms with Crippen LogP contribution < -0.4 is 10.6 Å². The van der Waals surface area contributed by atoms with Crippen LogP contribution in [0.15, 0.2) is 32.7 Å². The van der Waals surface area contributed by atoms with E-state index in [1.165, 1.54) is 0 Å². The zero-order valence-electron chi connectivity index (χ0n) is 10.1. The molecule has 0 aromatic carbocycles. The van der Waals surface area contributed by atoms with E-state index in [0.717, 1.165) is 9.35 Å². The Labute approximate surface area is 122 Å². The number of hydrogen-bond donors (Lipinski definition) is 2. The highest BCUT2D eigenvalue weighted by Crippen LogP contribution is 2.22. The third kappa shape index (κ3) is 3.42. The second-order valence-corrected chi connectivity index (χ2v) is 6.13. The van der Waals surface area contributed by atoms with E-state index < -0.39 is 0 Å². The third-order valence-corrected chi connectivity index (χ3v) is 3.95. The van der Waals surface area contributed by atoms with Crippen LogP contribution >= 0.6 is 27.3 Å². The van der Waals surface area contributed by atoms with Crippen LogP contribution in [0.3, 0.4) is 0 Å². The van der Waals surface area contributed by atoms with Crippen LogP contribution in [0, 0.1) is 0 Å². The number of aromatic nitrogens is 2. The number of nitrogens with zero attached hydrogens (tertiary/aromatic N) is 4. The average Bonchev–Trinajstić information content (AvgIpc) is 2.83. The van der Waals surface area contributed by atoms with Gasteiger partial charge in [0, 0.05) is 19.8 Å². The molecular weight excluding hydrogens is 330 g/mol.